The van der Waals surface area contributed by atoms with Crippen LogP contribution in [0, 0.1) is 17.8 Å². The predicted octanol–water partition coefficient (Wildman–Crippen LogP) is 0.863. The van der Waals surface area contributed by atoms with Gasteiger partial charge in [0, 0.05) is 6.04 Å². The molecule has 0 aromatic carbocycles. The number of fused-ring (bicyclic) bond motifs is 5. The highest BCUT2D eigenvalue weighted by Gasteiger charge is 2.52. The molecule has 0 unspecified atom stereocenters. The smallest absolute Gasteiger partial charge is 0.226 e. The van der Waals surface area contributed by atoms with Gasteiger partial charge in [-0.2, -0.15) is 0 Å². The Labute approximate surface area is 71.3 Å². The van der Waals surface area contributed by atoms with E-state index in [0.29, 0.717) is 17.9 Å². The number of β-lactam (4-membered cyclic amide) rings is 1. The molecular formula is C10H11NO. The lowest BCUT2D eigenvalue weighted by Gasteiger charge is -2.35. The first-order valence-electron chi connectivity index (χ1n) is 4.51. The molecule has 1 heterocycles. The Bertz CT molecular complexity index is 292. The van der Waals surface area contributed by atoms with Crippen LogP contribution in [0.15, 0.2) is 24.3 Å². The van der Waals surface area contributed by atoms with E-state index in [1.165, 1.54) is 0 Å². The van der Waals surface area contributed by atoms with Crippen molar-refractivity contribution < 1.29 is 4.79 Å². The van der Waals surface area contributed by atoms with Gasteiger partial charge >= 0.3 is 0 Å². The summed E-state index contributed by atoms with van der Waals surface area (Å²) in [6.45, 7) is 0. The van der Waals surface area contributed by atoms with Crippen LogP contribution in [0.1, 0.15) is 6.42 Å². The highest BCUT2D eigenvalue weighted by molar-refractivity contribution is 5.87. The molecule has 0 radical (unpaired) electrons. The summed E-state index contributed by atoms with van der Waals surface area (Å²) in [5.74, 6) is 1.64. The molecule has 3 aliphatic rings. The van der Waals surface area contributed by atoms with Crippen LogP contribution in [-0.2, 0) is 4.79 Å². The highest BCUT2D eigenvalue weighted by atomic mass is 16.2. The number of hydrogen-bond acceptors (Lipinski definition) is 1. The monoisotopic (exact) mass is 161 g/mol. The van der Waals surface area contributed by atoms with Gasteiger partial charge in [0.25, 0.3) is 0 Å². The molecule has 0 aromatic heterocycles. The summed E-state index contributed by atoms with van der Waals surface area (Å²) in [5.41, 5.74) is 0. The van der Waals surface area contributed by atoms with Crippen LogP contribution < -0.4 is 5.32 Å². The van der Waals surface area contributed by atoms with Crippen molar-refractivity contribution in [2.45, 2.75) is 12.5 Å². The van der Waals surface area contributed by atoms with Gasteiger partial charge in [-0.15, -0.1) is 0 Å². The van der Waals surface area contributed by atoms with Crippen molar-refractivity contribution in [2.75, 3.05) is 0 Å². The van der Waals surface area contributed by atoms with Crippen LogP contribution in [0.25, 0.3) is 0 Å². The van der Waals surface area contributed by atoms with Crippen molar-refractivity contribution in [3.05, 3.63) is 24.3 Å². The molecule has 2 aliphatic carbocycles. The second kappa shape index (κ2) is 2.00. The molecule has 1 N–H and O–H groups in total. The summed E-state index contributed by atoms with van der Waals surface area (Å²) in [6.07, 6.45) is 9.74. The van der Waals surface area contributed by atoms with Gasteiger partial charge in [-0.25, -0.2) is 0 Å². The molecule has 1 saturated carbocycles. The quantitative estimate of drug-likeness (QED) is 0.525. The molecule has 0 aromatic rings. The predicted molar refractivity (Wildman–Crippen MR) is 45.3 cm³/mol. The van der Waals surface area contributed by atoms with Gasteiger partial charge in [0.15, 0.2) is 0 Å². The second-order valence-corrected chi connectivity index (χ2v) is 3.89. The molecule has 3 rings (SSSR count). The zero-order valence-electron chi connectivity index (χ0n) is 6.73. The summed E-state index contributed by atoms with van der Waals surface area (Å²) in [7, 11) is 0. The maximum Gasteiger partial charge on any atom is 0.226 e. The van der Waals surface area contributed by atoms with Crippen LogP contribution in [0.4, 0.5) is 0 Å². The number of carbonyl (C=O) groups excluding carboxylic acids is 1. The Morgan fingerprint density at radius 3 is 2.75 bits per heavy atom. The molecule has 0 spiro atoms. The summed E-state index contributed by atoms with van der Waals surface area (Å²) in [4.78, 5) is 11.2. The Morgan fingerprint density at radius 2 is 2.00 bits per heavy atom. The van der Waals surface area contributed by atoms with Gasteiger partial charge in [0.05, 0.1) is 5.92 Å². The van der Waals surface area contributed by atoms with E-state index in [1.54, 1.807) is 0 Å². The van der Waals surface area contributed by atoms with Crippen molar-refractivity contribution >= 4 is 5.91 Å². The van der Waals surface area contributed by atoms with Gasteiger partial charge in [-0.3, -0.25) is 4.79 Å². The number of rotatable bonds is 0. The standard InChI is InChI=1S/C10H11NO/c12-10-8-6-3-1-2-4-7(5-6)9(8)11-10/h1-4,6-9H,5H2,(H,11,12)/t6-,7-,8+,9-/m0/s1. The topological polar surface area (TPSA) is 29.1 Å². The third-order valence-corrected chi connectivity index (χ3v) is 3.29. The Hall–Kier alpha value is -1.05. The van der Waals surface area contributed by atoms with Crippen LogP contribution >= 0.6 is 0 Å². The van der Waals surface area contributed by atoms with E-state index < -0.39 is 0 Å². The Balaban J connectivity index is 1.98. The van der Waals surface area contributed by atoms with Crippen LogP contribution in [0.5, 0.6) is 0 Å². The molecule has 2 fully saturated rings. The number of nitrogens with one attached hydrogen (secondary N) is 1. The molecule has 4 atom stereocenters. The Morgan fingerprint density at radius 1 is 1.25 bits per heavy atom. The number of carbonyl (C=O) groups is 1. The van der Waals surface area contributed by atoms with Gasteiger partial charge in [0.1, 0.15) is 0 Å². The van der Waals surface area contributed by atoms with Crippen molar-refractivity contribution in [2.24, 2.45) is 17.8 Å². The minimum Gasteiger partial charge on any atom is -0.352 e. The normalized spacial score (nSPS) is 47.8. The van der Waals surface area contributed by atoms with E-state index in [0.717, 1.165) is 6.42 Å². The van der Waals surface area contributed by atoms with Crippen LogP contribution in [-0.4, -0.2) is 11.9 Å². The molecule has 1 amide bonds. The number of allylic oxidation sites excluding steroid dienone is 3. The minimum absolute atomic E-state index is 0.257. The van der Waals surface area contributed by atoms with E-state index in [2.05, 4.69) is 29.6 Å². The largest absolute Gasteiger partial charge is 0.352 e. The van der Waals surface area contributed by atoms with E-state index in [9.17, 15) is 4.79 Å². The maximum atomic E-state index is 11.2. The average molecular weight is 161 g/mol. The fraction of sp³-hybridized carbons (Fsp3) is 0.500. The molecule has 62 valence electrons. The second-order valence-electron chi connectivity index (χ2n) is 3.89. The van der Waals surface area contributed by atoms with Crippen LogP contribution in [0.2, 0.25) is 0 Å². The van der Waals surface area contributed by atoms with Gasteiger partial charge < -0.3 is 5.32 Å². The maximum absolute atomic E-state index is 11.2. The first-order chi connectivity index (χ1) is 5.86. The first kappa shape index (κ1) is 6.46. The Kier molecular flexibility index (Phi) is 1.08. The molecule has 2 bridgehead atoms. The zero-order valence-corrected chi connectivity index (χ0v) is 6.73. The molecule has 1 saturated heterocycles. The lowest BCUT2D eigenvalue weighted by Crippen LogP contribution is -2.58. The highest BCUT2D eigenvalue weighted by Crippen LogP contribution is 2.44. The van der Waals surface area contributed by atoms with Crippen molar-refractivity contribution in [3.8, 4) is 0 Å². The summed E-state index contributed by atoms with van der Waals surface area (Å²) in [6, 6.07) is 0.448. The molecular weight excluding hydrogens is 150 g/mol. The van der Waals surface area contributed by atoms with Crippen molar-refractivity contribution in [3.63, 3.8) is 0 Å². The van der Waals surface area contributed by atoms with E-state index in [4.69, 9.17) is 0 Å². The van der Waals surface area contributed by atoms with E-state index >= 15 is 0 Å². The third kappa shape index (κ3) is 0.631. The first-order valence-corrected chi connectivity index (χ1v) is 4.51. The van der Waals surface area contributed by atoms with Crippen LogP contribution in [0.3, 0.4) is 0 Å². The van der Waals surface area contributed by atoms with Gasteiger partial charge in [-0.1, -0.05) is 24.3 Å². The molecule has 1 aliphatic heterocycles. The third-order valence-electron chi connectivity index (χ3n) is 3.29. The average Bonchev–Trinajstić information content (AvgIpc) is 2.21. The summed E-state index contributed by atoms with van der Waals surface area (Å²) in [5, 5.41) is 2.98. The van der Waals surface area contributed by atoms with E-state index in [-0.39, 0.29) is 11.8 Å². The lowest BCUT2D eigenvalue weighted by molar-refractivity contribution is -0.135. The molecule has 12 heavy (non-hydrogen) atoms. The van der Waals surface area contributed by atoms with E-state index in [1.807, 2.05) is 0 Å². The number of hydrogen-bond donors (Lipinski definition) is 1. The SMILES string of the molecule is O=C1N[C@@H]2[C@H]1[C@H]1C=CC=C[C@H]2C1. The van der Waals surface area contributed by atoms with Crippen molar-refractivity contribution in [1.29, 1.82) is 0 Å². The summed E-state index contributed by atoms with van der Waals surface area (Å²) < 4.78 is 0. The minimum atomic E-state index is 0.257. The fourth-order valence-corrected chi connectivity index (χ4v) is 2.67. The lowest BCUT2D eigenvalue weighted by atomic mass is 9.84. The fourth-order valence-electron chi connectivity index (χ4n) is 2.67. The van der Waals surface area contributed by atoms with Gasteiger partial charge in [-0.05, 0) is 18.3 Å². The zero-order chi connectivity index (χ0) is 8.13. The summed E-state index contributed by atoms with van der Waals surface area (Å²) >= 11 is 0. The molecule has 2 heteroatoms. The molecule has 2 nitrogen and oxygen atoms in total. The van der Waals surface area contributed by atoms with Gasteiger partial charge in [0.2, 0.25) is 5.91 Å². The van der Waals surface area contributed by atoms with Crippen molar-refractivity contribution in [1.82, 2.24) is 5.32 Å². The number of amides is 1.